The smallest absolute Gasteiger partial charge is 0.337 e. The van der Waals surface area contributed by atoms with Crippen molar-refractivity contribution in [1.82, 2.24) is 4.98 Å². The van der Waals surface area contributed by atoms with Crippen LogP contribution in [0.5, 0.6) is 0 Å². The van der Waals surface area contributed by atoms with Gasteiger partial charge in [-0.3, -0.25) is 9.78 Å². The number of nitrogens with zero attached hydrogens (tertiary/aromatic N) is 1. The maximum atomic E-state index is 13.6. The fourth-order valence-corrected chi connectivity index (χ4v) is 1.55. The van der Waals surface area contributed by atoms with Crippen LogP contribution in [0.15, 0.2) is 36.7 Å². The van der Waals surface area contributed by atoms with E-state index >= 15 is 0 Å². The highest BCUT2D eigenvalue weighted by Gasteiger charge is 2.17. The molecule has 1 amide bonds. The van der Waals surface area contributed by atoms with Gasteiger partial charge in [0.15, 0.2) is 0 Å². The molecule has 2 N–H and O–H groups in total. The van der Waals surface area contributed by atoms with Crippen molar-refractivity contribution in [2.75, 3.05) is 5.32 Å². The van der Waals surface area contributed by atoms with Gasteiger partial charge in [0, 0.05) is 6.20 Å². The zero-order chi connectivity index (χ0) is 14.7. The van der Waals surface area contributed by atoms with Crippen LogP contribution < -0.4 is 5.32 Å². The number of hydrogen-bond acceptors (Lipinski definition) is 3. The lowest BCUT2D eigenvalue weighted by molar-refractivity contribution is 0.0697. The number of pyridine rings is 1. The second-order valence-corrected chi connectivity index (χ2v) is 3.81. The third kappa shape index (κ3) is 2.77. The summed E-state index contributed by atoms with van der Waals surface area (Å²) in [7, 11) is 0. The number of benzene rings is 1. The van der Waals surface area contributed by atoms with Crippen LogP contribution in [0.4, 0.5) is 14.5 Å². The summed E-state index contributed by atoms with van der Waals surface area (Å²) in [5, 5.41) is 11.0. The summed E-state index contributed by atoms with van der Waals surface area (Å²) in [6.45, 7) is 0. The highest BCUT2D eigenvalue weighted by molar-refractivity contribution is 6.07. The van der Waals surface area contributed by atoms with E-state index in [9.17, 15) is 18.4 Å². The van der Waals surface area contributed by atoms with Crippen LogP contribution in [-0.2, 0) is 0 Å². The summed E-state index contributed by atoms with van der Waals surface area (Å²) in [5.74, 6) is -3.88. The van der Waals surface area contributed by atoms with Crippen molar-refractivity contribution < 1.29 is 23.5 Å². The molecule has 0 aliphatic carbocycles. The lowest BCUT2D eigenvalue weighted by atomic mass is 10.1. The monoisotopic (exact) mass is 278 g/mol. The van der Waals surface area contributed by atoms with Gasteiger partial charge in [-0.05, 0) is 18.2 Å². The molecule has 0 saturated carbocycles. The molecule has 0 aliphatic heterocycles. The van der Waals surface area contributed by atoms with E-state index in [1.165, 1.54) is 6.07 Å². The quantitative estimate of drug-likeness (QED) is 0.903. The lowest BCUT2D eigenvalue weighted by Gasteiger charge is -2.09. The molecule has 2 rings (SSSR count). The number of rotatable bonds is 3. The number of carbonyl (C=O) groups excluding carboxylic acids is 1. The van der Waals surface area contributed by atoms with Gasteiger partial charge in [0.25, 0.3) is 5.91 Å². The first-order valence-electron chi connectivity index (χ1n) is 5.42. The maximum Gasteiger partial charge on any atom is 0.337 e. The molecule has 1 heterocycles. The molecule has 0 unspecified atom stereocenters. The molecule has 102 valence electrons. The van der Waals surface area contributed by atoms with Crippen LogP contribution in [-0.4, -0.2) is 22.0 Å². The molecule has 7 heteroatoms. The summed E-state index contributed by atoms with van der Waals surface area (Å²) >= 11 is 0. The molecule has 0 aliphatic rings. The van der Waals surface area contributed by atoms with Crippen LogP contribution >= 0.6 is 0 Å². The number of anilines is 1. The van der Waals surface area contributed by atoms with E-state index in [1.807, 2.05) is 0 Å². The van der Waals surface area contributed by atoms with Crippen molar-refractivity contribution in [3.05, 3.63) is 59.4 Å². The number of hydrogen-bond donors (Lipinski definition) is 2. The number of amides is 1. The van der Waals surface area contributed by atoms with Crippen molar-refractivity contribution in [2.45, 2.75) is 0 Å². The average molecular weight is 278 g/mol. The summed E-state index contributed by atoms with van der Waals surface area (Å²) in [4.78, 5) is 26.3. The molecular formula is C13H8F2N2O3. The molecule has 0 bridgehead atoms. The number of carboxylic acids is 1. The Labute approximate surface area is 111 Å². The van der Waals surface area contributed by atoms with E-state index < -0.39 is 34.8 Å². The molecule has 0 fully saturated rings. The Bertz CT molecular complexity index is 689. The zero-order valence-electron chi connectivity index (χ0n) is 9.93. The van der Waals surface area contributed by atoms with Gasteiger partial charge in [-0.2, -0.15) is 0 Å². The fourth-order valence-electron chi connectivity index (χ4n) is 1.55. The number of nitrogens with one attached hydrogen (secondary N) is 1. The van der Waals surface area contributed by atoms with Crippen molar-refractivity contribution in [2.24, 2.45) is 0 Å². The van der Waals surface area contributed by atoms with Crippen LogP contribution in [0.2, 0.25) is 0 Å². The Morgan fingerprint density at radius 1 is 1.20 bits per heavy atom. The first-order valence-corrected chi connectivity index (χ1v) is 5.42. The van der Waals surface area contributed by atoms with Crippen molar-refractivity contribution in [1.29, 1.82) is 0 Å². The van der Waals surface area contributed by atoms with Gasteiger partial charge in [0.2, 0.25) is 0 Å². The molecule has 0 atom stereocenters. The van der Waals surface area contributed by atoms with Crippen LogP contribution in [0.25, 0.3) is 0 Å². The third-order valence-electron chi connectivity index (χ3n) is 2.45. The van der Waals surface area contributed by atoms with E-state index in [2.05, 4.69) is 10.3 Å². The number of aromatic carboxylic acids is 1. The predicted molar refractivity (Wildman–Crippen MR) is 65.5 cm³/mol. The lowest BCUT2D eigenvalue weighted by Crippen LogP contribution is -2.16. The average Bonchev–Trinajstić information content (AvgIpc) is 2.40. The molecule has 2 aromatic rings. The first kappa shape index (κ1) is 13.6. The first-order chi connectivity index (χ1) is 9.49. The minimum absolute atomic E-state index is 0.149. The van der Waals surface area contributed by atoms with E-state index in [4.69, 9.17) is 5.11 Å². The molecule has 0 spiro atoms. The van der Waals surface area contributed by atoms with Gasteiger partial charge in [-0.25, -0.2) is 13.6 Å². The predicted octanol–water partition coefficient (Wildman–Crippen LogP) is 2.31. The summed E-state index contributed by atoms with van der Waals surface area (Å²) < 4.78 is 26.5. The Balaban J connectivity index is 2.35. The van der Waals surface area contributed by atoms with E-state index in [1.54, 1.807) is 0 Å². The Morgan fingerprint density at radius 3 is 2.60 bits per heavy atom. The van der Waals surface area contributed by atoms with E-state index in [-0.39, 0.29) is 5.56 Å². The van der Waals surface area contributed by atoms with E-state index in [0.717, 1.165) is 30.6 Å². The van der Waals surface area contributed by atoms with Gasteiger partial charge in [0.05, 0.1) is 23.0 Å². The second-order valence-electron chi connectivity index (χ2n) is 3.81. The highest BCUT2D eigenvalue weighted by atomic mass is 19.1. The summed E-state index contributed by atoms with van der Waals surface area (Å²) in [5.41, 5.74) is -1.03. The molecule has 1 aromatic heterocycles. The van der Waals surface area contributed by atoms with Crippen LogP contribution in [0, 0.1) is 11.6 Å². The fraction of sp³-hybridized carbons (Fsp3) is 0. The SMILES string of the molecule is O=C(Nc1c(F)cccc1C(=O)O)c1cncc(F)c1. The van der Waals surface area contributed by atoms with Gasteiger partial charge < -0.3 is 10.4 Å². The van der Waals surface area contributed by atoms with Crippen molar-refractivity contribution in [3.63, 3.8) is 0 Å². The van der Waals surface area contributed by atoms with Gasteiger partial charge in [-0.1, -0.05) is 6.07 Å². The number of carbonyl (C=O) groups is 2. The van der Waals surface area contributed by atoms with Crippen molar-refractivity contribution in [3.8, 4) is 0 Å². The normalized spacial score (nSPS) is 10.1. The molecule has 5 nitrogen and oxygen atoms in total. The molecular weight excluding hydrogens is 270 g/mol. The number of carboxylic acid groups (broad SMARTS) is 1. The maximum absolute atomic E-state index is 13.6. The minimum Gasteiger partial charge on any atom is -0.478 e. The molecule has 0 saturated heterocycles. The Morgan fingerprint density at radius 2 is 1.95 bits per heavy atom. The molecule has 0 radical (unpaired) electrons. The summed E-state index contributed by atoms with van der Waals surface area (Å²) in [6, 6.07) is 4.26. The van der Waals surface area contributed by atoms with Gasteiger partial charge in [0.1, 0.15) is 11.6 Å². The van der Waals surface area contributed by atoms with Crippen molar-refractivity contribution >= 4 is 17.6 Å². The second kappa shape index (κ2) is 5.43. The molecule has 20 heavy (non-hydrogen) atoms. The number of para-hydroxylation sites is 1. The third-order valence-corrected chi connectivity index (χ3v) is 2.45. The minimum atomic E-state index is -1.39. The topological polar surface area (TPSA) is 79.3 Å². The standard InChI is InChI=1S/C13H8F2N2O3/c14-8-4-7(5-16-6-8)12(18)17-11-9(13(19)20)2-1-3-10(11)15/h1-6H,(H,17,18)(H,19,20). The number of halogens is 2. The highest BCUT2D eigenvalue weighted by Crippen LogP contribution is 2.20. The summed E-state index contributed by atoms with van der Waals surface area (Å²) in [6.07, 6.45) is 1.99. The van der Waals surface area contributed by atoms with Gasteiger partial charge in [-0.15, -0.1) is 0 Å². The Hall–Kier alpha value is -2.83. The molecule has 1 aromatic carbocycles. The zero-order valence-corrected chi connectivity index (χ0v) is 9.93. The van der Waals surface area contributed by atoms with Crippen LogP contribution in [0.1, 0.15) is 20.7 Å². The number of aromatic nitrogens is 1. The van der Waals surface area contributed by atoms with E-state index in [0.29, 0.717) is 0 Å². The largest absolute Gasteiger partial charge is 0.478 e. The van der Waals surface area contributed by atoms with Crippen LogP contribution in [0.3, 0.4) is 0 Å². The Kier molecular flexibility index (Phi) is 3.69. The van der Waals surface area contributed by atoms with Gasteiger partial charge >= 0.3 is 5.97 Å².